The van der Waals surface area contributed by atoms with Crippen molar-refractivity contribution in [2.45, 2.75) is 25.3 Å². The summed E-state index contributed by atoms with van der Waals surface area (Å²) in [6, 6.07) is 4.17. The summed E-state index contributed by atoms with van der Waals surface area (Å²) in [6.45, 7) is 3.44. The molecule has 2 aliphatic rings. The van der Waals surface area contributed by atoms with Crippen LogP contribution in [0.4, 0.5) is 4.39 Å². The summed E-state index contributed by atoms with van der Waals surface area (Å²) in [5.74, 6) is -0.653. The van der Waals surface area contributed by atoms with Crippen molar-refractivity contribution in [3.8, 4) is 0 Å². The fourth-order valence-corrected chi connectivity index (χ4v) is 3.10. The molecule has 0 unspecified atom stereocenters. The summed E-state index contributed by atoms with van der Waals surface area (Å²) in [6.07, 6.45) is 2.21. The molecule has 1 aromatic rings. The van der Waals surface area contributed by atoms with Gasteiger partial charge < -0.3 is 15.1 Å². The van der Waals surface area contributed by atoms with Crippen LogP contribution in [-0.2, 0) is 4.79 Å². The van der Waals surface area contributed by atoms with Gasteiger partial charge in [0.25, 0.3) is 5.91 Å². The van der Waals surface area contributed by atoms with E-state index in [2.05, 4.69) is 5.32 Å². The zero-order chi connectivity index (χ0) is 17.1. The second-order valence-electron chi connectivity index (χ2n) is 6.24. The number of benzene rings is 1. The third kappa shape index (κ3) is 4.05. The molecule has 1 aromatic carbocycles. The first kappa shape index (κ1) is 17.2. The Hall–Kier alpha value is -1.66. The molecule has 0 aromatic heterocycles. The van der Waals surface area contributed by atoms with Gasteiger partial charge in [-0.05, 0) is 31.0 Å². The summed E-state index contributed by atoms with van der Waals surface area (Å²) in [5, 5.41) is 3.15. The molecular formula is C17H21ClFN3O2. The van der Waals surface area contributed by atoms with Crippen LogP contribution in [0.15, 0.2) is 18.2 Å². The van der Waals surface area contributed by atoms with Gasteiger partial charge in [-0.3, -0.25) is 9.59 Å². The lowest BCUT2D eigenvalue weighted by Gasteiger charge is -2.29. The van der Waals surface area contributed by atoms with Crippen LogP contribution in [0.1, 0.15) is 29.6 Å². The topological polar surface area (TPSA) is 52.7 Å². The standard InChI is InChI=1S/C17H21ClFN3O2/c18-14-11-12(1-4-15(14)19)17(24)22(13-2-3-13)8-5-16(23)21-9-6-20-7-10-21/h1,4,11,13,20H,2-3,5-10H2. The van der Waals surface area contributed by atoms with E-state index in [9.17, 15) is 14.0 Å². The molecule has 0 spiro atoms. The average Bonchev–Trinajstić information content (AvgIpc) is 3.43. The summed E-state index contributed by atoms with van der Waals surface area (Å²) in [5.41, 5.74) is 0.364. The van der Waals surface area contributed by atoms with E-state index >= 15 is 0 Å². The van der Waals surface area contributed by atoms with Crippen LogP contribution in [0.25, 0.3) is 0 Å². The van der Waals surface area contributed by atoms with Crippen molar-refractivity contribution in [3.63, 3.8) is 0 Å². The Labute approximate surface area is 145 Å². The fourth-order valence-electron chi connectivity index (χ4n) is 2.92. The van der Waals surface area contributed by atoms with Crippen molar-refractivity contribution >= 4 is 23.4 Å². The smallest absolute Gasteiger partial charge is 0.254 e. The Morgan fingerprint density at radius 3 is 2.62 bits per heavy atom. The molecular weight excluding hydrogens is 333 g/mol. The third-order valence-corrected chi connectivity index (χ3v) is 4.74. The quantitative estimate of drug-likeness (QED) is 0.879. The van der Waals surface area contributed by atoms with Crippen LogP contribution >= 0.6 is 11.6 Å². The van der Waals surface area contributed by atoms with E-state index in [1.807, 2.05) is 4.90 Å². The average molecular weight is 354 g/mol. The Morgan fingerprint density at radius 2 is 2.00 bits per heavy atom. The molecule has 1 saturated heterocycles. The number of rotatable bonds is 5. The van der Waals surface area contributed by atoms with Crippen molar-refractivity contribution in [2.24, 2.45) is 0 Å². The van der Waals surface area contributed by atoms with Crippen LogP contribution in [0.5, 0.6) is 0 Å². The first-order valence-electron chi connectivity index (χ1n) is 8.31. The predicted molar refractivity (Wildman–Crippen MR) is 89.5 cm³/mol. The highest BCUT2D eigenvalue weighted by molar-refractivity contribution is 6.31. The number of amides is 2. The van der Waals surface area contributed by atoms with Crippen LogP contribution in [0, 0.1) is 5.82 Å². The van der Waals surface area contributed by atoms with Gasteiger partial charge in [0.2, 0.25) is 5.91 Å². The molecule has 0 atom stereocenters. The van der Waals surface area contributed by atoms with Crippen LogP contribution in [0.2, 0.25) is 5.02 Å². The van der Waals surface area contributed by atoms with Gasteiger partial charge >= 0.3 is 0 Å². The highest BCUT2D eigenvalue weighted by Gasteiger charge is 2.33. The molecule has 130 valence electrons. The molecule has 2 amide bonds. The number of carbonyl (C=O) groups is 2. The van der Waals surface area contributed by atoms with Crippen LogP contribution < -0.4 is 5.32 Å². The van der Waals surface area contributed by atoms with Gasteiger partial charge in [0.1, 0.15) is 5.82 Å². The fraction of sp³-hybridized carbons (Fsp3) is 0.529. The Kier molecular flexibility index (Phi) is 5.36. The van der Waals surface area contributed by atoms with Crippen LogP contribution in [0.3, 0.4) is 0 Å². The molecule has 1 N–H and O–H groups in total. The number of carbonyl (C=O) groups excluding carboxylic acids is 2. The van der Waals surface area contributed by atoms with Gasteiger partial charge in [0, 0.05) is 50.7 Å². The maximum absolute atomic E-state index is 13.3. The second-order valence-corrected chi connectivity index (χ2v) is 6.65. The molecule has 5 nitrogen and oxygen atoms in total. The first-order valence-corrected chi connectivity index (χ1v) is 8.68. The minimum atomic E-state index is -0.542. The van der Waals surface area contributed by atoms with Crippen molar-refractivity contribution in [1.29, 1.82) is 0 Å². The third-order valence-electron chi connectivity index (χ3n) is 4.45. The van der Waals surface area contributed by atoms with E-state index in [0.717, 1.165) is 25.9 Å². The number of hydrogen-bond acceptors (Lipinski definition) is 3. The van der Waals surface area contributed by atoms with E-state index in [0.29, 0.717) is 31.6 Å². The minimum absolute atomic E-state index is 0.0616. The van der Waals surface area contributed by atoms with Gasteiger partial charge in [-0.25, -0.2) is 4.39 Å². The van der Waals surface area contributed by atoms with E-state index < -0.39 is 5.82 Å². The van der Waals surface area contributed by atoms with Gasteiger partial charge in [-0.15, -0.1) is 0 Å². The summed E-state index contributed by atoms with van der Waals surface area (Å²) in [7, 11) is 0. The zero-order valence-electron chi connectivity index (χ0n) is 13.4. The van der Waals surface area contributed by atoms with Crippen molar-refractivity contribution in [1.82, 2.24) is 15.1 Å². The van der Waals surface area contributed by atoms with Gasteiger partial charge in [0.15, 0.2) is 0 Å². The first-order chi connectivity index (χ1) is 11.6. The number of piperazine rings is 1. The lowest BCUT2D eigenvalue weighted by atomic mass is 10.1. The van der Waals surface area contributed by atoms with E-state index in [4.69, 9.17) is 11.6 Å². The molecule has 1 saturated carbocycles. The van der Waals surface area contributed by atoms with E-state index in [-0.39, 0.29) is 22.9 Å². The highest BCUT2D eigenvalue weighted by Crippen LogP contribution is 2.29. The van der Waals surface area contributed by atoms with Crippen molar-refractivity contribution in [3.05, 3.63) is 34.6 Å². The number of nitrogens with one attached hydrogen (secondary N) is 1. The van der Waals surface area contributed by atoms with Crippen molar-refractivity contribution in [2.75, 3.05) is 32.7 Å². The number of halogens is 2. The zero-order valence-corrected chi connectivity index (χ0v) is 14.2. The van der Waals surface area contributed by atoms with Gasteiger partial charge in [-0.1, -0.05) is 11.6 Å². The molecule has 3 rings (SSSR count). The summed E-state index contributed by atoms with van der Waals surface area (Å²) in [4.78, 5) is 28.5. The van der Waals surface area contributed by atoms with E-state index in [1.54, 1.807) is 4.90 Å². The lowest BCUT2D eigenvalue weighted by Crippen LogP contribution is -2.47. The summed E-state index contributed by atoms with van der Waals surface area (Å²) >= 11 is 5.77. The monoisotopic (exact) mass is 353 g/mol. The van der Waals surface area contributed by atoms with Gasteiger partial charge in [-0.2, -0.15) is 0 Å². The minimum Gasteiger partial charge on any atom is -0.340 e. The molecule has 1 aliphatic heterocycles. The Morgan fingerprint density at radius 1 is 1.29 bits per heavy atom. The molecule has 24 heavy (non-hydrogen) atoms. The molecule has 1 aliphatic carbocycles. The maximum atomic E-state index is 13.3. The summed E-state index contributed by atoms with van der Waals surface area (Å²) < 4.78 is 13.3. The predicted octanol–water partition coefficient (Wildman–Crippen LogP) is 1.91. The SMILES string of the molecule is O=C(CCN(C(=O)c1ccc(F)c(Cl)c1)C1CC1)N1CCNCC1. The van der Waals surface area contributed by atoms with Crippen molar-refractivity contribution < 1.29 is 14.0 Å². The number of nitrogens with zero attached hydrogens (tertiary/aromatic N) is 2. The highest BCUT2D eigenvalue weighted by atomic mass is 35.5. The van der Waals surface area contributed by atoms with Crippen LogP contribution in [-0.4, -0.2) is 60.4 Å². The van der Waals surface area contributed by atoms with E-state index in [1.165, 1.54) is 18.2 Å². The second kappa shape index (κ2) is 7.49. The normalized spacial score (nSPS) is 17.7. The largest absolute Gasteiger partial charge is 0.340 e. The number of hydrogen-bond donors (Lipinski definition) is 1. The Bertz CT molecular complexity index is 630. The maximum Gasteiger partial charge on any atom is 0.254 e. The molecule has 7 heteroatoms. The molecule has 1 heterocycles. The van der Waals surface area contributed by atoms with Gasteiger partial charge in [0.05, 0.1) is 5.02 Å². The Balaban J connectivity index is 1.62. The molecule has 0 radical (unpaired) electrons. The molecule has 2 fully saturated rings. The lowest BCUT2D eigenvalue weighted by molar-refractivity contribution is -0.131. The molecule has 0 bridgehead atoms.